The standard InChI is InChI=1S/C51H33N3S/c1-4-13-34(14-5-1)37-25-27-38(28-26-37)49-52-50(42-22-11-20-40(32-42)36-17-8-3-9-18-36)54-51(53-49)43-29-30-45-47(33-43)55-46-24-12-23-44(48(45)46)41-21-10-19-39(31-41)35-15-6-2-7-16-35/h1-33H/i12D,23D,24D,29D,30D,33D. The van der Waals surface area contributed by atoms with Gasteiger partial charge in [-0.3, -0.25) is 0 Å². The fraction of sp³-hybridized carbons (Fsp3) is 0. The number of benzene rings is 8. The van der Waals surface area contributed by atoms with Crippen LogP contribution in [0.25, 0.3) is 98.8 Å². The molecule has 0 saturated carbocycles. The SMILES string of the molecule is [2H]c1c([2H])c(-c2cccc(-c3ccccc3)c2)c2c(sc3c([2H])c(-c4nc(-c5ccc(-c6ccccc6)cc5)nc(-c5cccc(-c6ccccc6)c5)n4)c([2H])c([2H])c32)c1[2H]. The molecule has 0 unspecified atom stereocenters. The van der Waals surface area contributed by atoms with E-state index in [1.807, 2.05) is 164 Å². The summed E-state index contributed by atoms with van der Waals surface area (Å²) >= 11 is 1.13. The molecule has 0 atom stereocenters. The van der Waals surface area contributed by atoms with Gasteiger partial charge in [-0.2, -0.15) is 0 Å². The van der Waals surface area contributed by atoms with E-state index in [9.17, 15) is 4.11 Å². The van der Waals surface area contributed by atoms with E-state index in [0.29, 0.717) is 54.1 Å². The van der Waals surface area contributed by atoms with Gasteiger partial charge in [0.1, 0.15) is 0 Å². The second-order valence-electron chi connectivity index (χ2n) is 13.2. The van der Waals surface area contributed by atoms with E-state index in [1.54, 1.807) is 0 Å². The molecule has 3 nitrogen and oxygen atoms in total. The fourth-order valence-electron chi connectivity index (χ4n) is 6.92. The molecule has 0 N–H and O–H groups in total. The van der Waals surface area contributed by atoms with Crippen molar-refractivity contribution in [3.05, 3.63) is 200 Å². The molecule has 10 rings (SSSR count). The van der Waals surface area contributed by atoms with Gasteiger partial charge in [0, 0.05) is 36.9 Å². The highest BCUT2D eigenvalue weighted by Gasteiger charge is 2.17. The van der Waals surface area contributed by atoms with E-state index in [4.69, 9.17) is 19.1 Å². The Morgan fingerprint density at radius 3 is 1.47 bits per heavy atom. The molecule has 10 aromatic rings. The van der Waals surface area contributed by atoms with Crippen molar-refractivity contribution in [2.45, 2.75) is 0 Å². The molecule has 55 heavy (non-hydrogen) atoms. The number of fused-ring (bicyclic) bond motifs is 3. The third-order valence-electron chi connectivity index (χ3n) is 9.67. The molecule has 0 fully saturated rings. The van der Waals surface area contributed by atoms with Crippen LogP contribution >= 0.6 is 11.3 Å². The van der Waals surface area contributed by atoms with Crippen molar-refractivity contribution in [2.75, 3.05) is 0 Å². The van der Waals surface area contributed by atoms with Crippen molar-refractivity contribution in [1.29, 1.82) is 0 Å². The number of hydrogen-bond acceptors (Lipinski definition) is 4. The van der Waals surface area contributed by atoms with Crippen LogP contribution in [0.1, 0.15) is 8.22 Å². The molecule has 0 radical (unpaired) electrons. The smallest absolute Gasteiger partial charge is 0.164 e. The van der Waals surface area contributed by atoms with Crippen molar-refractivity contribution in [2.24, 2.45) is 0 Å². The van der Waals surface area contributed by atoms with Crippen molar-refractivity contribution < 1.29 is 8.22 Å². The van der Waals surface area contributed by atoms with E-state index in [0.717, 1.165) is 44.7 Å². The zero-order valence-electron chi connectivity index (χ0n) is 35.3. The molecular formula is C51H33N3S. The van der Waals surface area contributed by atoms with Crippen LogP contribution in [0.5, 0.6) is 0 Å². The fourth-order valence-corrected chi connectivity index (χ4v) is 7.94. The lowest BCUT2D eigenvalue weighted by Gasteiger charge is -2.10. The first-order chi connectivity index (χ1) is 29.7. The summed E-state index contributed by atoms with van der Waals surface area (Å²) in [6, 6.07) is 52.4. The van der Waals surface area contributed by atoms with Gasteiger partial charge in [0.25, 0.3) is 0 Å². The number of nitrogens with zero attached hydrogens (tertiary/aromatic N) is 3. The van der Waals surface area contributed by atoms with Gasteiger partial charge in [-0.25, -0.2) is 15.0 Å². The highest BCUT2D eigenvalue weighted by molar-refractivity contribution is 7.26. The Morgan fingerprint density at radius 2 is 0.836 bits per heavy atom. The molecule has 2 aromatic heterocycles. The van der Waals surface area contributed by atoms with Crippen molar-refractivity contribution in [1.82, 2.24) is 15.0 Å². The largest absolute Gasteiger partial charge is 0.208 e. The predicted octanol–water partition coefficient (Wildman–Crippen LogP) is 13.9. The molecule has 0 aliphatic rings. The Morgan fingerprint density at radius 1 is 0.364 bits per heavy atom. The van der Waals surface area contributed by atoms with Gasteiger partial charge >= 0.3 is 0 Å². The lowest BCUT2D eigenvalue weighted by atomic mass is 9.96. The summed E-state index contributed by atoms with van der Waals surface area (Å²) in [7, 11) is 0. The minimum atomic E-state index is -0.255. The van der Waals surface area contributed by atoms with Crippen LogP contribution < -0.4 is 0 Å². The summed E-state index contributed by atoms with van der Waals surface area (Å²) in [5.41, 5.74) is 8.50. The normalized spacial score (nSPS) is 12.8. The van der Waals surface area contributed by atoms with Gasteiger partial charge in [-0.15, -0.1) is 11.3 Å². The lowest BCUT2D eigenvalue weighted by molar-refractivity contribution is 1.07. The first-order valence-electron chi connectivity index (χ1n) is 20.9. The summed E-state index contributed by atoms with van der Waals surface area (Å²) in [6.07, 6.45) is 0. The summed E-state index contributed by atoms with van der Waals surface area (Å²) < 4.78 is 56.6. The highest BCUT2D eigenvalue weighted by Crippen LogP contribution is 2.42. The molecule has 0 aliphatic carbocycles. The van der Waals surface area contributed by atoms with Gasteiger partial charge in [-0.1, -0.05) is 176 Å². The molecule has 4 heteroatoms. The van der Waals surface area contributed by atoms with E-state index in [1.165, 1.54) is 0 Å². The highest BCUT2D eigenvalue weighted by atomic mass is 32.1. The first-order valence-corrected chi connectivity index (χ1v) is 18.8. The van der Waals surface area contributed by atoms with E-state index >= 15 is 0 Å². The Hall–Kier alpha value is -7.01. The van der Waals surface area contributed by atoms with Gasteiger partial charge in [0.05, 0.1) is 8.22 Å². The topological polar surface area (TPSA) is 38.7 Å². The van der Waals surface area contributed by atoms with Gasteiger partial charge < -0.3 is 0 Å². The number of aromatic nitrogens is 3. The molecule has 0 bridgehead atoms. The number of rotatable bonds is 7. The van der Waals surface area contributed by atoms with Crippen molar-refractivity contribution >= 4 is 31.5 Å². The van der Waals surface area contributed by atoms with Crippen LogP contribution in [0.2, 0.25) is 0 Å². The molecule has 2 heterocycles. The maximum absolute atomic E-state index is 9.72. The second-order valence-corrected chi connectivity index (χ2v) is 14.2. The van der Waals surface area contributed by atoms with Crippen LogP contribution in [0.15, 0.2) is 200 Å². The monoisotopic (exact) mass is 725 g/mol. The average Bonchev–Trinajstić information content (AvgIpc) is 3.72. The Bertz CT molecular complexity index is 3300. The minimum absolute atomic E-state index is 0.0606. The molecule has 8 aromatic carbocycles. The maximum Gasteiger partial charge on any atom is 0.164 e. The van der Waals surface area contributed by atoms with Crippen molar-refractivity contribution in [3.63, 3.8) is 0 Å². The summed E-state index contributed by atoms with van der Waals surface area (Å²) in [5.74, 6) is 0.765. The number of thiophene rings is 1. The maximum atomic E-state index is 9.72. The van der Waals surface area contributed by atoms with Crippen molar-refractivity contribution in [3.8, 4) is 78.7 Å². The van der Waals surface area contributed by atoms with E-state index in [-0.39, 0.29) is 47.6 Å². The number of hydrogen-bond donors (Lipinski definition) is 0. The second kappa shape index (κ2) is 14.1. The Kier molecular flexibility index (Phi) is 6.84. The third kappa shape index (κ3) is 6.39. The van der Waals surface area contributed by atoms with Crippen LogP contribution in [0, 0.1) is 0 Å². The molecule has 0 aliphatic heterocycles. The summed E-state index contributed by atoms with van der Waals surface area (Å²) in [4.78, 5) is 14.8. The third-order valence-corrected chi connectivity index (χ3v) is 10.7. The molecule has 0 amide bonds. The lowest BCUT2D eigenvalue weighted by Crippen LogP contribution is -2.00. The van der Waals surface area contributed by atoms with Crippen LogP contribution in [0.4, 0.5) is 0 Å². The minimum Gasteiger partial charge on any atom is -0.208 e. The predicted molar refractivity (Wildman–Crippen MR) is 231 cm³/mol. The molecule has 0 spiro atoms. The Balaban J connectivity index is 1.19. The Labute approximate surface area is 332 Å². The quantitative estimate of drug-likeness (QED) is 0.164. The van der Waals surface area contributed by atoms with Crippen LogP contribution in [-0.4, -0.2) is 15.0 Å². The average molecular weight is 726 g/mol. The van der Waals surface area contributed by atoms with E-state index < -0.39 is 0 Å². The van der Waals surface area contributed by atoms with Gasteiger partial charge in [0.15, 0.2) is 17.5 Å². The van der Waals surface area contributed by atoms with E-state index in [2.05, 4.69) is 0 Å². The molecular weight excluding hydrogens is 687 g/mol. The molecule has 0 saturated heterocycles. The van der Waals surface area contributed by atoms with Crippen LogP contribution in [0.3, 0.4) is 0 Å². The zero-order valence-corrected chi connectivity index (χ0v) is 30.2. The van der Waals surface area contributed by atoms with Crippen LogP contribution in [-0.2, 0) is 0 Å². The van der Waals surface area contributed by atoms with Gasteiger partial charge in [0.2, 0.25) is 0 Å². The first kappa shape index (κ1) is 26.7. The van der Waals surface area contributed by atoms with Gasteiger partial charge in [-0.05, 0) is 68.7 Å². The summed E-state index contributed by atoms with van der Waals surface area (Å²) in [5, 5.41) is 0.713. The zero-order chi connectivity index (χ0) is 41.8. The molecule has 258 valence electrons. The summed E-state index contributed by atoms with van der Waals surface area (Å²) in [6.45, 7) is 0.